The maximum Gasteiger partial charge on any atom is 0.233 e. The van der Waals surface area contributed by atoms with Gasteiger partial charge in [-0.15, -0.1) is 0 Å². The second-order valence-electron chi connectivity index (χ2n) is 4.01. The largest absolute Gasteiger partial charge is 0.355 e. The summed E-state index contributed by atoms with van der Waals surface area (Å²) in [6, 6.07) is 2.15. The van der Waals surface area contributed by atoms with Crippen LogP contribution in [0.15, 0.2) is 6.07 Å². The van der Waals surface area contributed by atoms with Crippen LogP contribution in [0.3, 0.4) is 0 Å². The van der Waals surface area contributed by atoms with Gasteiger partial charge in [-0.1, -0.05) is 0 Å². The summed E-state index contributed by atoms with van der Waals surface area (Å²) in [5, 5.41) is 5.90. The van der Waals surface area contributed by atoms with Crippen LogP contribution >= 0.6 is 0 Å². The average molecular weight is 223 g/mol. The Hall–Kier alpha value is -1.29. The second kappa shape index (κ2) is 5.70. The van der Waals surface area contributed by atoms with Crippen molar-refractivity contribution in [2.24, 2.45) is 7.05 Å². The van der Waals surface area contributed by atoms with Crippen molar-refractivity contribution in [3.63, 3.8) is 0 Å². The quantitative estimate of drug-likeness (QED) is 0.778. The Morgan fingerprint density at radius 3 is 2.62 bits per heavy atom. The van der Waals surface area contributed by atoms with Gasteiger partial charge in [0.1, 0.15) is 0 Å². The van der Waals surface area contributed by atoms with Gasteiger partial charge < -0.3 is 15.2 Å². The van der Waals surface area contributed by atoms with Crippen LogP contribution in [0.5, 0.6) is 0 Å². The molecule has 0 bridgehead atoms. The minimum Gasteiger partial charge on any atom is -0.355 e. The number of likely N-dealkylation sites (N-methyl/N-ethyl adjacent to an activating group) is 1. The molecule has 4 heteroatoms. The van der Waals surface area contributed by atoms with Gasteiger partial charge in [0.05, 0.1) is 6.54 Å². The van der Waals surface area contributed by atoms with Crippen molar-refractivity contribution in [1.82, 2.24) is 15.2 Å². The van der Waals surface area contributed by atoms with Gasteiger partial charge in [0.25, 0.3) is 0 Å². The number of rotatable bonds is 5. The molecule has 0 saturated carbocycles. The Kier molecular flexibility index (Phi) is 4.55. The molecule has 0 aromatic carbocycles. The van der Waals surface area contributed by atoms with E-state index in [4.69, 9.17) is 0 Å². The summed E-state index contributed by atoms with van der Waals surface area (Å²) in [5.74, 6) is 0.0489. The Morgan fingerprint density at radius 2 is 2.12 bits per heavy atom. The number of aryl methyl sites for hydroxylation is 1. The van der Waals surface area contributed by atoms with Crippen LogP contribution < -0.4 is 10.6 Å². The van der Waals surface area contributed by atoms with Crippen molar-refractivity contribution < 1.29 is 4.79 Å². The molecule has 0 fully saturated rings. The Balaban J connectivity index is 2.43. The molecule has 4 nitrogen and oxygen atoms in total. The Morgan fingerprint density at radius 1 is 1.44 bits per heavy atom. The monoisotopic (exact) mass is 223 g/mol. The van der Waals surface area contributed by atoms with Gasteiger partial charge in [0, 0.05) is 31.5 Å². The minimum atomic E-state index is 0.0489. The third-order valence-corrected chi connectivity index (χ3v) is 2.85. The van der Waals surface area contributed by atoms with E-state index in [-0.39, 0.29) is 5.91 Å². The van der Waals surface area contributed by atoms with Crippen molar-refractivity contribution in [3.8, 4) is 0 Å². The molecule has 1 heterocycles. The van der Waals surface area contributed by atoms with E-state index in [1.54, 1.807) is 0 Å². The van der Waals surface area contributed by atoms with Crippen molar-refractivity contribution in [1.29, 1.82) is 0 Å². The number of hydrogen-bond acceptors (Lipinski definition) is 2. The third-order valence-electron chi connectivity index (χ3n) is 2.85. The van der Waals surface area contributed by atoms with Gasteiger partial charge in [-0.2, -0.15) is 0 Å². The normalized spacial score (nSPS) is 10.5. The van der Waals surface area contributed by atoms with E-state index >= 15 is 0 Å². The van der Waals surface area contributed by atoms with E-state index < -0.39 is 0 Å². The van der Waals surface area contributed by atoms with Crippen LogP contribution in [-0.4, -0.2) is 23.6 Å². The molecule has 0 atom stereocenters. The van der Waals surface area contributed by atoms with E-state index in [1.165, 1.54) is 17.0 Å². The molecule has 0 aliphatic heterocycles. The Labute approximate surface area is 97.0 Å². The third kappa shape index (κ3) is 3.10. The van der Waals surface area contributed by atoms with Crippen LogP contribution in [0.4, 0.5) is 0 Å². The molecule has 90 valence electrons. The molecule has 0 aliphatic rings. The van der Waals surface area contributed by atoms with Gasteiger partial charge in [0.15, 0.2) is 0 Å². The molecule has 1 amide bonds. The van der Waals surface area contributed by atoms with Gasteiger partial charge >= 0.3 is 0 Å². The maximum absolute atomic E-state index is 11.2. The lowest BCUT2D eigenvalue weighted by molar-refractivity contribution is -0.120. The minimum absolute atomic E-state index is 0.0489. The molecular formula is C12H21N3O. The number of nitrogens with one attached hydrogen (secondary N) is 2. The van der Waals surface area contributed by atoms with Crippen LogP contribution in [0.2, 0.25) is 0 Å². The second-order valence-corrected chi connectivity index (χ2v) is 4.01. The molecule has 0 saturated heterocycles. The summed E-state index contributed by atoms with van der Waals surface area (Å²) in [5.41, 5.74) is 3.75. The fourth-order valence-electron chi connectivity index (χ4n) is 1.68. The average Bonchev–Trinajstić information content (AvgIpc) is 2.47. The molecule has 0 unspecified atom stereocenters. The van der Waals surface area contributed by atoms with Crippen molar-refractivity contribution >= 4 is 5.91 Å². The summed E-state index contributed by atoms with van der Waals surface area (Å²) in [7, 11) is 2.05. The van der Waals surface area contributed by atoms with Gasteiger partial charge in [-0.25, -0.2) is 0 Å². The highest BCUT2D eigenvalue weighted by atomic mass is 16.1. The molecule has 1 aromatic rings. The first kappa shape index (κ1) is 12.8. The zero-order valence-electron chi connectivity index (χ0n) is 10.6. The fourth-order valence-corrected chi connectivity index (χ4v) is 1.68. The van der Waals surface area contributed by atoms with E-state index in [0.29, 0.717) is 13.1 Å². The highest BCUT2D eigenvalue weighted by Crippen LogP contribution is 2.12. The topological polar surface area (TPSA) is 46.1 Å². The molecule has 16 heavy (non-hydrogen) atoms. The number of nitrogens with zero attached hydrogens (tertiary/aromatic N) is 1. The van der Waals surface area contributed by atoms with E-state index in [2.05, 4.69) is 42.2 Å². The SMILES string of the molecule is CCNC(=O)CNCc1cc(C)n(C)c1C. The first-order chi connectivity index (χ1) is 7.56. The van der Waals surface area contributed by atoms with Crippen LogP contribution in [-0.2, 0) is 18.4 Å². The number of amides is 1. The van der Waals surface area contributed by atoms with Gasteiger partial charge in [-0.05, 0) is 32.4 Å². The van der Waals surface area contributed by atoms with Crippen LogP contribution in [0.25, 0.3) is 0 Å². The molecule has 1 rings (SSSR count). The van der Waals surface area contributed by atoms with Gasteiger partial charge in [-0.3, -0.25) is 4.79 Å². The standard InChI is InChI=1S/C12H21N3O/c1-5-14-12(16)8-13-7-11-6-9(2)15(4)10(11)3/h6,13H,5,7-8H2,1-4H3,(H,14,16). The highest BCUT2D eigenvalue weighted by molar-refractivity contribution is 5.77. The van der Waals surface area contributed by atoms with E-state index in [1.807, 2.05) is 6.92 Å². The number of carbonyl (C=O) groups excluding carboxylic acids is 1. The van der Waals surface area contributed by atoms with Gasteiger partial charge in [0.2, 0.25) is 5.91 Å². The lowest BCUT2D eigenvalue weighted by atomic mass is 10.2. The molecule has 0 spiro atoms. The van der Waals surface area contributed by atoms with E-state index in [0.717, 1.165) is 6.54 Å². The Bertz CT molecular complexity index is 369. The number of hydrogen-bond donors (Lipinski definition) is 2. The summed E-state index contributed by atoms with van der Waals surface area (Å²) < 4.78 is 2.16. The lowest BCUT2D eigenvalue weighted by Crippen LogP contribution is -2.33. The first-order valence-electron chi connectivity index (χ1n) is 5.65. The first-order valence-corrected chi connectivity index (χ1v) is 5.65. The fraction of sp³-hybridized carbons (Fsp3) is 0.583. The zero-order chi connectivity index (χ0) is 12.1. The maximum atomic E-state index is 11.2. The molecule has 2 N–H and O–H groups in total. The molecule has 0 aliphatic carbocycles. The summed E-state index contributed by atoms with van der Waals surface area (Å²) >= 11 is 0. The molecule has 0 radical (unpaired) electrons. The number of carbonyl (C=O) groups is 1. The van der Waals surface area contributed by atoms with E-state index in [9.17, 15) is 4.79 Å². The molecular weight excluding hydrogens is 202 g/mol. The van der Waals surface area contributed by atoms with Crippen molar-refractivity contribution in [3.05, 3.63) is 23.0 Å². The predicted molar refractivity (Wildman–Crippen MR) is 65.3 cm³/mol. The zero-order valence-corrected chi connectivity index (χ0v) is 10.6. The summed E-state index contributed by atoms with van der Waals surface area (Å²) in [6.45, 7) is 7.90. The highest BCUT2D eigenvalue weighted by Gasteiger charge is 2.06. The van der Waals surface area contributed by atoms with Crippen molar-refractivity contribution in [2.75, 3.05) is 13.1 Å². The summed E-state index contributed by atoms with van der Waals surface area (Å²) in [6.07, 6.45) is 0. The van der Waals surface area contributed by atoms with Crippen LogP contribution in [0.1, 0.15) is 23.9 Å². The van der Waals surface area contributed by atoms with Crippen molar-refractivity contribution in [2.45, 2.75) is 27.3 Å². The lowest BCUT2D eigenvalue weighted by Gasteiger charge is -2.05. The smallest absolute Gasteiger partial charge is 0.233 e. The molecule has 1 aromatic heterocycles. The predicted octanol–water partition coefficient (Wildman–Crippen LogP) is 0.868. The number of aromatic nitrogens is 1. The van der Waals surface area contributed by atoms with Crippen LogP contribution in [0, 0.1) is 13.8 Å². The summed E-state index contributed by atoms with van der Waals surface area (Å²) in [4.78, 5) is 11.2.